The molecule has 1 fully saturated rings. The Morgan fingerprint density at radius 1 is 1.10 bits per heavy atom. The summed E-state index contributed by atoms with van der Waals surface area (Å²) in [6.45, 7) is 2.80. The first-order valence-corrected chi connectivity index (χ1v) is 9.57. The summed E-state index contributed by atoms with van der Waals surface area (Å²) in [4.78, 5) is 42.5. The van der Waals surface area contributed by atoms with Gasteiger partial charge in [0.1, 0.15) is 0 Å². The Balaban J connectivity index is 1.50. The Labute approximate surface area is 173 Å². The standard InChI is InChI=1S/C22H21N5O3/c1-15-2-3-17(22(30)26-11-9-24-20(28)13-26)12-19(15)25-21(29)16-4-6-18(7-5-16)27-10-8-23-14-27/h2-8,10,12,14H,9,11,13H2,1H3,(H,24,28)(H,25,29). The number of anilines is 1. The molecule has 0 atom stereocenters. The zero-order valence-electron chi connectivity index (χ0n) is 16.5. The minimum absolute atomic E-state index is 0.0394. The maximum Gasteiger partial charge on any atom is 0.255 e. The Morgan fingerprint density at radius 2 is 1.87 bits per heavy atom. The molecule has 1 aliphatic heterocycles. The van der Waals surface area contributed by atoms with Crippen LogP contribution in [0, 0.1) is 6.92 Å². The van der Waals surface area contributed by atoms with Gasteiger partial charge >= 0.3 is 0 Å². The SMILES string of the molecule is Cc1ccc(C(=O)N2CCNC(=O)C2)cc1NC(=O)c1ccc(-n2ccnc2)cc1. The second-order valence-corrected chi connectivity index (χ2v) is 7.08. The largest absolute Gasteiger partial charge is 0.353 e. The van der Waals surface area contributed by atoms with E-state index in [0.29, 0.717) is 29.9 Å². The number of carbonyl (C=O) groups is 3. The molecule has 0 aliphatic carbocycles. The number of amides is 3. The molecular formula is C22H21N5O3. The predicted octanol–water partition coefficient (Wildman–Crippen LogP) is 2.01. The molecule has 0 spiro atoms. The maximum atomic E-state index is 12.7. The second-order valence-electron chi connectivity index (χ2n) is 7.08. The van der Waals surface area contributed by atoms with Crippen molar-refractivity contribution in [3.05, 3.63) is 77.9 Å². The van der Waals surface area contributed by atoms with Gasteiger partial charge in [-0.05, 0) is 48.9 Å². The Morgan fingerprint density at radius 3 is 2.57 bits per heavy atom. The topological polar surface area (TPSA) is 96.3 Å². The van der Waals surface area contributed by atoms with Crippen molar-refractivity contribution < 1.29 is 14.4 Å². The molecule has 1 saturated heterocycles. The van der Waals surface area contributed by atoms with Crippen molar-refractivity contribution in [2.75, 3.05) is 25.0 Å². The van der Waals surface area contributed by atoms with E-state index < -0.39 is 0 Å². The molecule has 152 valence electrons. The Bertz CT molecular complexity index is 1090. The summed E-state index contributed by atoms with van der Waals surface area (Å²) in [5.41, 5.74) is 3.24. The summed E-state index contributed by atoms with van der Waals surface area (Å²) in [5.74, 6) is -0.670. The van der Waals surface area contributed by atoms with Gasteiger partial charge < -0.3 is 20.1 Å². The third kappa shape index (κ3) is 4.07. The third-order valence-electron chi connectivity index (χ3n) is 4.99. The van der Waals surface area contributed by atoms with Crippen molar-refractivity contribution >= 4 is 23.4 Å². The van der Waals surface area contributed by atoms with Crippen LogP contribution in [-0.4, -0.2) is 51.8 Å². The molecule has 0 radical (unpaired) electrons. The molecule has 2 aromatic carbocycles. The number of benzene rings is 2. The number of carbonyl (C=O) groups excluding carboxylic acids is 3. The number of aromatic nitrogens is 2. The van der Waals surface area contributed by atoms with Crippen molar-refractivity contribution in [2.24, 2.45) is 0 Å². The normalized spacial score (nSPS) is 13.6. The van der Waals surface area contributed by atoms with Crippen molar-refractivity contribution in [3.63, 3.8) is 0 Å². The Kier molecular flexibility index (Phi) is 5.30. The molecular weight excluding hydrogens is 382 g/mol. The second kappa shape index (κ2) is 8.20. The summed E-state index contributed by atoms with van der Waals surface area (Å²) >= 11 is 0. The molecule has 3 aromatic rings. The highest BCUT2D eigenvalue weighted by Gasteiger charge is 2.23. The van der Waals surface area contributed by atoms with Crippen molar-refractivity contribution in [3.8, 4) is 5.69 Å². The first-order chi connectivity index (χ1) is 14.5. The zero-order chi connectivity index (χ0) is 21.1. The van der Waals surface area contributed by atoms with Gasteiger partial charge in [0.05, 0.1) is 12.9 Å². The van der Waals surface area contributed by atoms with Gasteiger partial charge in [-0.25, -0.2) is 4.98 Å². The number of nitrogens with one attached hydrogen (secondary N) is 2. The highest BCUT2D eigenvalue weighted by Crippen LogP contribution is 2.20. The van der Waals surface area contributed by atoms with Crippen molar-refractivity contribution in [1.82, 2.24) is 19.8 Å². The molecule has 3 amide bonds. The Hall–Kier alpha value is -3.94. The van der Waals surface area contributed by atoms with Crippen LogP contribution in [0.4, 0.5) is 5.69 Å². The van der Waals surface area contributed by atoms with E-state index in [9.17, 15) is 14.4 Å². The summed E-state index contributed by atoms with van der Waals surface area (Å²) in [6, 6.07) is 12.3. The molecule has 0 saturated carbocycles. The average molecular weight is 403 g/mol. The van der Waals surface area contributed by atoms with E-state index in [-0.39, 0.29) is 24.3 Å². The van der Waals surface area contributed by atoms with Crippen LogP contribution in [0.15, 0.2) is 61.2 Å². The van der Waals surface area contributed by atoms with Crippen LogP contribution in [-0.2, 0) is 4.79 Å². The number of aryl methyl sites for hydroxylation is 1. The van der Waals surface area contributed by atoms with E-state index in [1.54, 1.807) is 42.9 Å². The molecule has 1 aromatic heterocycles. The quantitative estimate of drug-likeness (QED) is 0.696. The van der Waals surface area contributed by atoms with Gasteiger partial charge in [0.25, 0.3) is 11.8 Å². The van der Waals surface area contributed by atoms with E-state index in [1.807, 2.05) is 29.8 Å². The molecule has 4 rings (SSSR count). The van der Waals surface area contributed by atoms with E-state index >= 15 is 0 Å². The predicted molar refractivity (Wildman–Crippen MR) is 112 cm³/mol. The van der Waals surface area contributed by atoms with Crippen LogP contribution in [0.5, 0.6) is 0 Å². The van der Waals surface area contributed by atoms with Gasteiger partial charge in [-0.15, -0.1) is 0 Å². The van der Waals surface area contributed by atoms with Crippen LogP contribution in [0.3, 0.4) is 0 Å². The van der Waals surface area contributed by atoms with Gasteiger partial charge in [-0.2, -0.15) is 0 Å². The summed E-state index contributed by atoms with van der Waals surface area (Å²) < 4.78 is 1.85. The summed E-state index contributed by atoms with van der Waals surface area (Å²) in [7, 11) is 0. The lowest BCUT2D eigenvalue weighted by Gasteiger charge is -2.27. The average Bonchev–Trinajstić information content (AvgIpc) is 3.30. The summed E-state index contributed by atoms with van der Waals surface area (Å²) in [6.07, 6.45) is 5.20. The van der Waals surface area contributed by atoms with E-state index in [4.69, 9.17) is 0 Å². The number of nitrogens with zero attached hydrogens (tertiary/aromatic N) is 3. The fraction of sp³-hybridized carbons (Fsp3) is 0.182. The van der Waals surface area contributed by atoms with Gasteiger partial charge in [0, 0.05) is 48.0 Å². The van der Waals surface area contributed by atoms with Crippen LogP contribution in [0.1, 0.15) is 26.3 Å². The smallest absolute Gasteiger partial charge is 0.255 e. The monoisotopic (exact) mass is 403 g/mol. The summed E-state index contributed by atoms with van der Waals surface area (Å²) in [5, 5.41) is 5.58. The van der Waals surface area contributed by atoms with Crippen LogP contribution in [0.25, 0.3) is 5.69 Å². The van der Waals surface area contributed by atoms with E-state index in [2.05, 4.69) is 15.6 Å². The molecule has 30 heavy (non-hydrogen) atoms. The van der Waals surface area contributed by atoms with Gasteiger partial charge in [0.15, 0.2) is 0 Å². The molecule has 8 heteroatoms. The number of hydrogen-bond donors (Lipinski definition) is 2. The number of piperazine rings is 1. The molecule has 0 bridgehead atoms. The molecule has 0 unspecified atom stereocenters. The van der Waals surface area contributed by atoms with Crippen molar-refractivity contribution in [2.45, 2.75) is 6.92 Å². The molecule has 2 heterocycles. The minimum atomic E-state index is -0.266. The van der Waals surface area contributed by atoms with E-state index in [0.717, 1.165) is 11.3 Å². The lowest BCUT2D eigenvalue weighted by Crippen LogP contribution is -2.49. The zero-order valence-corrected chi connectivity index (χ0v) is 16.5. The number of rotatable bonds is 4. The lowest BCUT2D eigenvalue weighted by atomic mass is 10.1. The van der Waals surface area contributed by atoms with Crippen LogP contribution >= 0.6 is 0 Å². The van der Waals surface area contributed by atoms with Crippen molar-refractivity contribution in [1.29, 1.82) is 0 Å². The van der Waals surface area contributed by atoms with Crippen LogP contribution in [0.2, 0.25) is 0 Å². The van der Waals surface area contributed by atoms with E-state index in [1.165, 1.54) is 4.90 Å². The highest BCUT2D eigenvalue weighted by molar-refractivity contribution is 6.06. The molecule has 2 N–H and O–H groups in total. The molecule has 8 nitrogen and oxygen atoms in total. The minimum Gasteiger partial charge on any atom is -0.353 e. The van der Waals surface area contributed by atoms with Crippen LogP contribution < -0.4 is 10.6 Å². The third-order valence-corrected chi connectivity index (χ3v) is 4.99. The van der Waals surface area contributed by atoms with Gasteiger partial charge in [-0.3, -0.25) is 14.4 Å². The van der Waals surface area contributed by atoms with Gasteiger partial charge in [-0.1, -0.05) is 6.07 Å². The number of hydrogen-bond acceptors (Lipinski definition) is 4. The molecule has 1 aliphatic rings. The van der Waals surface area contributed by atoms with Gasteiger partial charge in [0.2, 0.25) is 5.91 Å². The fourth-order valence-electron chi connectivity index (χ4n) is 3.28. The lowest BCUT2D eigenvalue weighted by molar-refractivity contribution is -0.123. The maximum absolute atomic E-state index is 12.7. The highest BCUT2D eigenvalue weighted by atomic mass is 16.2. The first-order valence-electron chi connectivity index (χ1n) is 9.57. The fourth-order valence-corrected chi connectivity index (χ4v) is 3.28. The number of imidazole rings is 1. The first kappa shape index (κ1) is 19.4.